The molecule has 1 aliphatic heterocycles. The van der Waals surface area contributed by atoms with Crippen LogP contribution in [-0.2, 0) is 16.1 Å². The van der Waals surface area contributed by atoms with Crippen molar-refractivity contribution in [1.82, 2.24) is 10.2 Å². The van der Waals surface area contributed by atoms with Gasteiger partial charge < -0.3 is 10.1 Å². The van der Waals surface area contributed by atoms with E-state index in [0.717, 1.165) is 39.0 Å². The lowest BCUT2D eigenvalue weighted by molar-refractivity contribution is -0.140. The summed E-state index contributed by atoms with van der Waals surface area (Å²) in [6.07, 6.45) is 2.49. The number of hydrogen-bond acceptors (Lipinski definition) is 4. The van der Waals surface area contributed by atoms with Crippen molar-refractivity contribution < 1.29 is 9.53 Å². The molecule has 0 aliphatic carbocycles. The lowest BCUT2D eigenvalue weighted by Gasteiger charge is -2.45. The Morgan fingerprint density at radius 2 is 2.09 bits per heavy atom. The zero-order valence-corrected chi connectivity index (χ0v) is 14.7. The maximum Gasteiger partial charge on any atom is 0.305 e. The Morgan fingerprint density at radius 3 is 2.74 bits per heavy atom. The predicted octanol–water partition coefficient (Wildman–Crippen LogP) is 2.83. The molecular formula is C19H30N2O2. The molecular weight excluding hydrogens is 288 g/mol. The molecule has 1 heterocycles. The van der Waals surface area contributed by atoms with Crippen molar-refractivity contribution >= 4 is 5.97 Å². The van der Waals surface area contributed by atoms with E-state index in [2.05, 4.69) is 59.1 Å². The van der Waals surface area contributed by atoms with E-state index in [1.165, 1.54) is 12.7 Å². The van der Waals surface area contributed by atoms with E-state index in [1.54, 1.807) is 0 Å². The molecule has 1 aliphatic rings. The lowest BCUT2D eigenvalue weighted by Crippen LogP contribution is -2.54. The average Bonchev–Trinajstić information content (AvgIpc) is 2.53. The maximum atomic E-state index is 11.2. The van der Waals surface area contributed by atoms with Gasteiger partial charge in [-0.3, -0.25) is 9.69 Å². The quantitative estimate of drug-likeness (QED) is 0.620. The number of hydrogen-bond donors (Lipinski definition) is 1. The summed E-state index contributed by atoms with van der Waals surface area (Å²) >= 11 is 0. The van der Waals surface area contributed by atoms with E-state index in [1.807, 2.05) is 0 Å². The van der Waals surface area contributed by atoms with E-state index in [-0.39, 0.29) is 11.4 Å². The van der Waals surface area contributed by atoms with Gasteiger partial charge in [0.05, 0.1) is 7.11 Å². The number of carbonyl (C=O) groups excluding carboxylic acids is 1. The number of methoxy groups -OCH3 is 1. The minimum Gasteiger partial charge on any atom is -0.469 e. The number of nitrogens with zero attached hydrogens (tertiary/aromatic N) is 1. The van der Waals surface area contributed by atoms with Gasteiger partial charge in [0.2, 0.25) is 0 Å². The first-order chi connectivity index (χ1) is 11.0. The molecule has 4 nitrogen and oxygen atoms in total. The first-order valence-corrected chi connectivity index (χ1v) is 8.58. The van der Waals surface area contributed by atoms with Gasteiger partial charge in [-0.15, -0.1) is 0 Å². The molecule has 0 aromatic heterocycles. The van der Waals surface area contributed by atoms with Gasteiger partial charge in [0.1, 0.15) is 0 Å². The van der Waals surface area contributed by atoms with Gasteiger partial charge in [0, 0.05) is 32.1 Å². The fraction of sp³-hybridized carbons (Fsp3) is 0.632. The van der Waals surface area contributed by atoms with E-state index in [4.69, 9.17) is 0 Å². The topological polar surface area (TPSA) is 41.6 Å². The van der Waals surface area contributed by atoms with Crippen LogP contribution in [-0.4, -0.2) is 43.7 Å². The molecule has 128 valence electrons. The van der Waals surface area contributed by atoms with Crippen LogP contribution in [0.5, 0.6) is 0 Å². The minimum absolute atomic E-state index is 0.122. The Balaban J connectivity index is 1.77. The summed E-state index contributed by atoms with van der Waals surface area (Å²) in [5.74, 6) is -0.122. The third-order valence-corrected chi connectivity index (χ3v) is 4.73. The van der Waals surface area contributed by atoms with E-state index in [0.29, 0.717) is 12.5 Å². The highest BCUT2D eigenvalue weighted by Gasteiger charge is 2.35. The molecule has 0 bridgehead atoms. The van der Waals surface area contributed by atoms with Gasteiger partial charge in [-0.25, -0.2) is 0 Å². The Hall–Kier alpha value is -1.39. The zero-order chi connectivity index (χ0) is 16.7. The second-order valence-electron chi connectivity index (χ2n) is 7.16. The highest BCUT2D eigenvalue weighted by Crippen LogP contribution is 2.30. The monoisotopic (exact) mass is 318 g/mol. The van der Waals surface area contributed by atoms with Crippen LogP contribution >= 0.6 is 0 Å². The Labute approximate surface area is 140 Å². The maximum absolute atomic E-state index is 11.2. The first-order valence-electron chi connectivity index (χ1n) is 8.58. The number of benzene rings is 1. The number of ether oxygens (including phenoxy) is 1. The zero-order valence-electron chi connectivity index (χ0n) is 14.7. The lowest BCUT2D eigenvalue weighted by atomic mass is 9.79. The normalized spacial score (nSPS) is 21.1. The van der Waals surface area contributed by atoms with Crippen molar-refractivity contribution in [2.24, 2.45) is 5.41 Å². The molecule has 1 aromatic rings. The molecule has 0 saturated carbocycles. The van der Waals surface area contributed by atoms with Crippen molar-refractivity contribution in [3.63, 3.8) is 0 Å². The molecule has 2 rings (SSSR count). The summed E-state index contributed by atoms with van der Waals surface area (Å²) in [5, 5.41) is 3.64. The van der Waals surface area contributed by atoms with Crippen molar-refractivity contribution in [3.05, 3.63) is 35.9 Å². The molecule has 1 aromatic carbocycles. The molecule has 1 saturated heterocycles. The third-order valence-electron chi connectivity index (χ3n) is 4.73. The predicted molar refractivity (Wildman–Crippen MR) is 93.2 cm³/mol. The van der Waals surface area contributed by atoms with Crippen molar-refractivity contribution in [3.8, 4) is 0 Å². The number of carbonyl (C=O) groups is 1. The van der Waals surface area contributed by atoms with Crippen molar-refractivity contribution in [1.29, 1.82) is 0 Å². The van der Waals surface area contributed by atoms with Crippen LogP contribution in [0.15, 0.2) is 30.3 Å². The van der Waals surface area contributed by atoms with Gasteiger partial charge in [-0.2, -0.15) is 0 Å². The highest BCUT2D eigenvalue weighted by molar-refractivity contribution is 5.69. The highest BCUT2D eigenvalue weighted by atomic mass is 16.5. The van der Waals surface area contributed by atoms with Crippen LogP contribution < -0.4 is 5.32 Å². The largest absolute Gasteiger partial charge is 0.469 e. The molecule has 1 unspecified atom stereocenters. The summed E-state index contributed by atoms with van der Waals surface area (Å²) in [6.45, 7) is 8.79. The van der Waals surface area contributed by atoms with Crippen LogP contribution in [0.1, 0.15) is 38.7 Å². The van der Waals surface area contributed by atoms with Crippen LogP contribution in [0, 0.1) is 5.41 Å². The Morgan fingerprint density at radius 1 is 1.35 bits per heavy atom. The third kappa shape index (κ3) is 5.63. The molecule has 23 heavy (non-hydrogen) atoms. The molecule has 1 fully saturated rings. The summed E-state index contributed by atoms with van der Waals surface area (Å²) in [7, 11) is 1.45. The van der Waals surface area contributed by atoms with E-state index in [9.17, 15) is 4.79 Å². The van der Waals surface area contributed by atoms with Crippen molar-refractivity contribution in [2.45, 2.75) is 45.7 Å². The number of piperidine rings is 1. The number of rotatable bonds is 7. The smallest absolute Gasteiger partial charge is 0.305 e. The van der Waals surface area contributed by atoms with E-state index < -0.39 is 0 Å². The second-order valence-corrected chi connectivity index (χ2v) is 7.16. The Bertz CT molecular complexity index is 487. The van der Waals surface area contributed by atoms with Crippen LogP contribution in [0.4, 0.5) is 0 Å². The fourth-order valence-electron chi connectivity index (χ4n) is 3.43. The van der Waals surface area contributed by atoms with Crippen LogP contribution in [0.2, 0.25) is 0 Å². The molecule has 0 radical (unpaired) electrons. The minimum atomic E-state index is -0.122. The molecule has 0 amide bonds. The van der Waals surface area contributed by atoms with Crippen molar-refractivity contribution in [2.75, 3.05) is 26.7 Å². The number of nitrogens with one attached hydrogen (secondary N) is 1. The van der Waals surface area contributed by atoms with Gasteiger partial charge >= 0.3 is 5.97 Å². The fourth-order valence-corrected chi connectivity index (χ4v) is 3.43. The average molecular weight is 318 g/mol. The summed E-state index contributed by atoms with van der Waals surface area (Å²) in [5.41, 5.74) is 1.62. The van der Waals surface area contributed by atoms with Gasteiger partial charge in [-0.05, 0) is 30.4 Å². The number of esters is 1. The first kappa shape index (κ1) is 18.0. The van der Waals surface area contributed by atoms with Crippen LogP contribution in [0.3, 0.4) is 0 Å². The summed E-state index contributed by atoms with van der Waals surface area (Å²) < 4.78 is 4.68. The molecule has 1 N–H and O–H groups in total. The second kappa shape index (κ2) is 8.46. The van der Waals surface area contributed by atoms with Gasteiger partial charge in [-0.1, -0.05) is 44.2 Å². The van der Waals surface area contributed by atoms with Gasteiger partial charge in [0.15, 0.2) is 0 Å². The summed E-state index contributed by atoms with van der Waals surface area (Å²) in [4.78, 5) is 13.7. The Kier molecular flexibility index (Phi) is 6.60. The molecule has 4 heteroatoms. The van der Waals surface area contributed by atoms with E-state index >= 15 is 0 Å². The van der Waals surface area contributed by atoms with Crippen LogP contribution in [0.25, 0.3) is 0 Å². The molecule has 1 atom stereocenters. The standard InChI is InChI=1S/C19H30N2O2/c1-19(2)15-21(14-16-8-5-4-6-9-16)13-11-17(19)20-12-7-10-18(22)23-3/h4-6,8-9,17,20H,7,10-15H2,1-3H3. The SMILES string of the molecule is COC(=O)CCCNC1CCN(Cc2ccccc2)CC1(C)C. The number of likely N-dealkylation sites (tertiary alicyclic amines) is 1. The van der Waals surface area contributed by atoms with Gasteiger partial charge in [0.25, 0.3) is 0 Å². The molecule has 0 spiro atoms. The summed E-state index contributed by atoms with van der Waals surface area (Å²) in [6, 6.07) is 11.2.